The van der Waals surface area contributed by atoms with E-state index in [2.05, 4.69) is 15.6 Å². The van der Waals surface area contributed by atoms with E-state index in [4.69, 9.17) is 4.74 Å². The highest BCUT2D eigenvalue weighted by molar-refractivity contribution is 6.01. The maximum absolute atomic E-state index is 15.2. The van der Waals surface area contributed by atoms with Crippen molar-refractivity contribution in [3.63, 3.8) is 0 Å². The van der Waals surface area contributed by atoms with Gasteiger partial charge in [-0.05, 0) is 61.2 Å². The highest BCUT2D eigenvalue weighted by Gasteiger charge is 2.35. The number of benzene rings is 2. The summed E-state index contributed by atoms with van der Waals surface area (Å²) in [7, 11) is 1.54. The zero-order chi connectivity index (χ0) is 28.3. The minimum absolute atomic E-state index is 0.00468. The molecule has 1 fully saturated rings. The number of nitrogens with zero attached hydrogens (tertiary/aromatic N) is 2. The van der Waals surface area contributed by atoms with E-state index in [-0.39, 0.29) is 42.8 Å². The SMILES string of the molecule is COc1ccc([C@@H](C(=O)NC2CCCCC2)N(C(=O)CCCC(=O)Nc2ccccn2)c2ccccc2F)cc1. The summed E-state index contributed by atoms with van der Waals surface area (Å²) in [5.74, 6) is -0.723. The van der Waals surface area contributed by atoms with Gasteiger partial charge in [-0.2, -0.15) is 0 Å². The number of carbonyl (C=O) groups is 3. The van der Waals surface area contributed by atoms with Crippen molar-refractivity contribution in [2.75, 3.05) is 17.3 Å². The molecule has 1 heterocycles. The Hall–Kier alpha value is -4.27. The second-order valence-electron chi connectivity index (χ2n) is 9.85. The highest BCUT2D eigenvalue weighted by Crippen LogP contribution is 2.32. The topological polar surface area (TPSA) is 101 Å². The first-order chi connectivity index (χ1) is 19.5. The number of ether oxygens (including phenoxy) is 1. The third-order valence-electron chi connectivity index (χ3n) is 7.00. The van der Waals surface area contributed by atoms with Crippen LogP contribution in [0.3, 0.4) is 0 Å². The maximum Gasteiger partial charge on any atom is 0.248 e. The van der Waals surface area contributed by atoms with Crippen LogP contribution in [0, 0.1) is 5.82 Å². The number of carbonyl (C=O) groups excluding carboxylic acids is 3. The molecule has 3 amide bonds. The summed E-state index contributed by atoms with van der Waals surface area (Å²) >= 11 is 0. The molecule has 0 aliphatic heterocycles. The molecule has 1 aliphatic carbocycles. The molecular formula is C31H35FN4O4. The summed E-state index contributed by atoms with van der Waals surface area (Å²) in [4.78, 5) is 45.4. The van der Waals surface area contributed by atoms with E-state index < -0.39 is 17.8 Å². The van der Waals surface area contributed by atoms with Crippen LogP contribution >= 0.6 is 0 Å². The average Bonchev–Trinajstić information content (AvgIpc) is 2.97. The van der Waals surface area contributed by atoms with Gasteiger partial charge in [0.15, 0.2) is 0 Å². The predicted octanol–water partition coefficient (Wildman–Crippen LogP) is 5.56. The van der Waals surface area contributed by atoms with Crippen molar-refractivity contribution in [3.05, 3.63) is 84.3 Å². The minimum Gasteiger partial charge on any atom is -0.497 e. The summed E-state index contributed by atoms with van der Waals surface area (Å²) in [6, 6.07) is 16.8. The number of para-hydroxylation sites is 1. The van der Waals surface area contributed by atoms with E-state index in [0.29, 0.717) is 17.1 Å². The van der Waals surface area contributed by atoms with Crippen LogP contribution in [0.4, 0.5) is 15.9 Å². The number of rotatable bonds is 11. The Kier molecular flexibility index (Phi) is 10.2. The van der Waals surface area contributed by atoms with Gasteiger partial charge in [0.1, 0.15) is 23.4 Å². The molecule has 1 aliphatic rings. The van der Waals surface area contributed by atoms with Crippen LogP contribution < -0.4 is 20.3 Å². The van der Waals surface area contributed by atoms with Gasteiger partial charge in [-0.1, -0.05) is 49.6 Å². The molecule has 0 bridgehead atoms. The number of hydrogen-bond donors (Lipinski definition) is 2. The molecule has 1 atom stereocenters. The van der Waals surface area contributed by atoms with Crippen LogP contribution in [0.1, 0.15) is 63.0 Å². The number of pyridine rings is 1. The number of halogens is 1. The molecule has 0 saturated heterocycles. The van der Waals surface area contributed by atoms with Gasteiger partial charge in [-0.25, -0.2) is 9.37 Å². The first kappa shape index (κ1) is 28.7. The summed E-state index contributed by atoms with van der Waals surface area (Å²) < 4.78 is 20.5. The number of aromatic nitrogens is 1. The van der Waals surface area contributed by atoms with Crippen molar-refractivity contribution in [2.45, 2.75) is 63.5 Å². The number of nitrogens with one attached hydrogen (secondary N) is 2. The second-order valence-corrected chi connectivity index (χ2v) is 9.85. The van der Waals surface area contributed by atoms with Gasteiger partial charge in [-0.3, -0.25) is 19.3 Å². The zero-order valence-corrected chi connectivity index (χ0v) is 22.6. The number of hydrogen-bond acceptors (Lipinski definition) is 5. The van der Waals surface area contributed by atoms with E-state index in [1.807, 2.05) is 0 Å². The molecule has 9 heteroatoms. The Morgan fingerprint density at radius 1 is 0.975 bits per heavy atom. The summed E-state index contributed by atoms with van der Waals surface area (Å²) in [6.07, 6.45) is 6.68. The largest absolute Gasteiger partial charge is 0.497 e. The third kappa shape index (κ3) is 7.65. The first-order valence-electron chi connectivity index (χ1n) is 13.7. The van der Waals surface area contributed by atoms with Crippen molar-refractivity contribution in [3.8, 4) is 5.75 Å². The van der Waals surface area contributed by atoms with Gasteiger partial charge in [0, 0.05) is 25.1 Å². The lowest BCUT2D eigenvalue weighted by molar-refractivity contribution is -0.127. The van der Waals surface area contributed by atoms with Gasteiger partial charge in [0.2, 0.25) is 17.7 Å². The highest BCUT2D eigenvalue weighted by atomic mass is 19.1. The summed E-state index contributed by atoms with van der Waals surface area (Å²) in [6.45, 7) is 0. The molecule has 40 heavy (non-hydrogen) atoms. The van der Waals surface area contributed by atoms with Crippen molar-refractivity contribution >= 4 is 29.2 Å². The molecule has 0 unspecified atom stereocenters. The third-order valence-corrected chi connectivity index (χ3v) is 7.00. The normalized spacial score (nSPS) is 14.2. The Balaban J connectivity index is 1.59. The maximum atomic E-state index is 15.2. The van der Waals surface area contributed by atoms with Gasteiger partial charge in [0.05, 0.1) is 12.8 Å². The smallest absolute Gasteiger partial charge is 0.248 e. The van der Waals surface area contributed by atoms with Crippen LogP contribution in [0.5, 0.6) is 5.75 Å². The number of methoxy groups -OCH3 is 1. The molecule has 2 N–H and O–H groups in total. The van der Waals surface area contributed by atoms with Crippen molar-refractivity contribution in [1.82, 2.24) is 10.3 Å². The van der Waals surface area contributed by atoms with Crippen molar-refractivity contribution in [1.29, 1.82) is 0 Å². The predicted molar refractivity (Wildman–Crippen MR) is 151 cm³/mol. The quantitative estimate of drug-likeness (QED) is 0.328. The van der Waals surface area contributed by atoms with Gasteiger partial charge in [0.25, 0.3) is 0 Å². The Labute approximate surface area is 233 Å². The van der Waals surface area contributed by atoms with Gasteiger partial charge in [-0.15, -0.1) is 0 Å². The molecule has 0 radical (unpaired) electrons. The van der Waals surface area contributed by atoms with Crippen LogP contribution in [0.25, 0.3) is 0 Å². The molecule has 3 aromatic rings. The molecule has 1 aromatic heterocycles. The van der Waals surface area contributed by atoms with Crippen LogP contribution in [0.2, 0.25) is 0 Å². The average molecular weight is 547 g/mol. The lowest BCUT2D eigenvalue weighted by atomic mass is 9.94. The Morgan fingerprint density at radius 2 is 1.70 bits per heavy atom. The monoisotopic (exact) mass is 546 g/mol. The standard InChI is InChI=1S/C31H35FN4O4/c1-40-24-19-17-22(18-20-24)30(31(39)34-23-10-3-2-4-11-23)36(26-13-6-5-12-25(26)32)29(38)16-9-15-28(37)35-27-14-7-8-21-33-27/h5-8,12-14,17-21,23,30H,2-4,9-11,15-16H2,1H3,(H,34,39)(H,33,35,37)/t30-/m0/s1. The van der Waals surface area contributed by atoms with Crippen molar-refractivity contribution in [2.24, 2.45) is 0 Å². The zero-order valence-electron chi connectivity index (χ0n) is 22.6. The second kappa shape index (κ2) is 14.2. The fraction of sp³-hybridized carbons (Fsp3) is 0.355. The summed E-state index contributed by atoms with van der Waals surface area (Å²) in [5, 5.41) is 5.81. The summed E-state index contributed by atoms with van der Waals surface area (Å²) in [5.41, 5.74) is 0.531. The molecule has 2 aromatic carbocycles. The van der Waals surface area contributed by atoms with E-state index in [1.54, 1.807) is 61.8 Å². The molecule has 0 spiro atoms. The van der Waals surface area contributed by atoms with Crippen LogP contribution in [-0.4, -0.2) is 35.9 Å². The molecule has 4 rings (SSSR count). The van der Waals surface area contributed by atoms with E-state index in [9.17, 15) is 14.4 Å². The van der Waals surface area contributed by atoms with Gasteiger partial charge < -0.3 is 15.4 Å². The molecule has 210 valence electrons. The lowest BCUT2D eigenvalue weighted by Crippen LogP contribution is -2.47. The Morgan fingerprint density at radius 3 is 2.38 bits per heavy atom. The fourth-order valence-electron chi connectivity index (χ4n) is 4.96. The number of anilines is 2. The van der Waals surface area contributed by atoms with Crippen LogP contribution in [0.15, 0.2) is 72.9 Å². The van der Waals surface area contributed by atoms with Crippen molar-refractivity contribution < 1.29 is 23.5 Å². The molecule has 8 nitrogen and oxygen atoms in total. The number of amides is 3. The minimum atomic E-state index is -1.11. The first-order valence-corrected chi connectivity index (χ1v) is 13.7. The fourth-order valence-corrected chi connectivity index (χ4v) is 4.96. The van der Waals surface area contributed by atoms with Gasteiger partial charge >= 0.3 is 0 Å². The van der Waals surface area contributed by atoms with E-state index >= 15 is 4.39 Å². The molecule has 1 saturated carbocycles. The van der Waals surface area contributed by atoms with E-state index in [1.165, 1.54) is 23.1 Å². The molecular weight excluding hydrogens is 511 g/mol. The van der Waals surface area contributed by atoms with E-state index in [0.717, 1.165) is 32.1 Å². The van der Waals surface area contributed by atoms with Crippen LogP contribution in [-0.2, 0) is 14.4 Å². The Bertz CT molecular complexity index is 1280. The lowest BCUT2D eigenvalue weighted by Gasteiger charge is -2.33.